The highest BCUT2D eigenvalue weighted by Crippen LogP contribution is 2.42. The van der Waals surface area contributed by atoms with Gasteiger partial charge in [-0.2, -0.15) is 5.10 Å². The van der Waals surface area contributed by atoms with Gasteiger partial charge in [0.1, 0.15) is 21.8 Å². The van der Waals surface area contributed by atoms with Crippen molar-refractivity contribution in [1.29, 1.82) is 0 Å². The Morgan fingerprint density at radius 2 is 2.29 bits per heavy atom. The van der Waals surface area contributed by atoms with Crippen molar-refractivity contribution >= 4 is 22.7 Å². The van der Waals surface area contributed by atoms with Crippen LogP contribution in [0.25, 0.3) is 0 Å². The van der Waals surface area contributed by atoms with Crippen LogP contribution in [0.2, 0.25) is 0 Å². The molecule has 1 amide bonds. The minimum atomic E-state index is -0.580. The lowest BCUT2D eigenvalue weighted by atomic mass is 10.1. The Morgan fingerprint density at radius 3 is 2.92 bits per heavy atom. The van der Waals surface area contributed by atoms with Gasteiger partial charge in [-0.1, -0.05) is 23.9 Å². The fourth-order valence-electron chi connectivity index (χ4n) is 2.57. The van der Waals surface area contributed by atoms with E-state index in [-0.39, 0.29) is 11.7 Å². The van der Waals surface area contributed by atoms with E-state index in [1.165, 1.54) is 28.9 Å². The number of carbonyl (C=O) groups is 1. The van der Waals surface area contributed by atoms with Crippen molar-refractivity contribution in [2.45, 2.75) is 44.6 Å². The summed E-state index contributed by atoms with van der Waals surface area (Å²) in [5.74, 6) is -0.526. The quantitative estimate of drug-likeness (QED) is 0.818. The molecule has 0 saturated carbocycles. The van der Waals surface area contributed by atoms with Crippen LogP contribution in [0.3, 0.4) is 0 Å². The summed E-state index contributed by atoms with van der Waals surface area (Å²) in [7, 11) is 0. The van der Waals surface area contributed by atoms with E-state index in [0.29, 0.717) is 30.2 Å². The molecule has 1 aromatic carbocycles. The molecule has 2 N–H and O–H groups in total. The number of hydrogen-bond donors (Lipinski definition) is 1. The normalized spacial score (nSPS) is 21.7. The molecule has 1 heterocycles. The van der Waals surface area contributed by atoms with Gasteiger partial charge in [0.15, 0.2) is 0 Å². The van der Waals surface area contributed by atoms with Crippen molar-refractivity contribution < 1.29 is 13.9 Å². The first-order chi connectivity index (χ1) is 11.4. The van der Waals surface area contributed by atoms with Gasteiger partial charge in [0.25, 0.3) is 5.91 Å². The monoisotopic (exact) mass is 353 g/mol. The highest BCUT2D eigenvalue weighted by atomic mass is 32.2. The van der Waals surface area contributed by atoms with E-state index in [1.54, 1.807) is 19.1 Å². The van der Waals surface area contributed by atoms with E-state index < -0.39 is 11.0 Å². The third-order valence-corrected chi connectivity index (χ3v) is 5.17. The lowest BCUT2D eigenvalue weighted by Gasteiger charge is -2.33. The zero-order chi connectivity index (χ0) is 17.7. The maximum atomic E-state index is 13.5. The van der Waals surface area contributed by atoms with Crippen molar-refractivity contribution in [3.05, 3.63) is 35.6 Å². The lowest BCUT2D eigenvalue weighted by molar-refractivity contribution is -0.145. The van der Waals surface area contributed by atoms with Crippen molar-refractivity contribution in [2.75, 3.05) is 13.2 Å². The number of carbonyl (C=O) groups excluding carboxylic acids is 1. The topological polar surface area (TPSA) is 67.9 Å². The van der Waals surface area contributed by atoms with E-state index in [4.69, 9.17) is 10.5 Å². The summed E-state index contributed by atoms with van der Waals surface area (Å²) in [6, 6.07) is 6.24. The van der Waals surface area contributed by atoms with Crippen LogP contribution in [0.5, 0.6) is 0 Å². The number of benzene rings is 1. The molecule has 5 nitrogen and oxygen atoms in total. The third-order valence-electron chi connectivity index (χ3n) is 3.84. The number of halogens is 1. The molecule has 0 fully saturated rings. The predicted octanol–water partition coefficient (Wildman–Crippen LogP) is 2.94. The summed E-state index contributed by atoms with van der Waals surface area (Å²) in [6.07, 6.45) is 0.881. The number of nitrogens with two attached hydrogens (primary N) is 1. The average Bonchev–Trinajstić information content (AvgIpc) is 2.90. The summed E-state index contributed by atoms with van der Waals surface area (Å²) >= 11 is 1.46. The summed E-state index contributed by atoms with van der Waals surface area (Å²) in [6.45, 7) is 6.51. The van der Waals surface area contributed by atoms with Gasteiger partial charge in [-0.15, -0.1) is 0 Å². The molecular formula is C17H24FN3O2S. The molecule has 0 bridgehead atoms. The maximum Gasteiger partial charge on any atom is 0.272 e. The van der Waals surface area contributed by atoms with E-state index in [9.17, 15) is 9.18 Å². The van der Waals surface area contributed by atoms with Crippen LogP contribution >= 0.6 is 11.8 Å². The standard InChI is InChI=1S/C17H24FN3O2S/c1-4-23-12(2)16(22)21-17(3,9-6-10-19)24-15(20-21)13-7-5-8-14(18)11-13/h5,7-8,11-12H,4,6,9-10,19H2,1-3H3/t12-,17+/m0/s1. The van der Waals surface area contributed by atoms with Crippen molar-refractivity contribution in [2.24, 2.45) is 10.8 Å². The molecule has 0 unspecified atom stereocenters. The Morgan fingerprint density at radius 1 is 1.54 bits per heavy atom. The lowest BCUT2D eigenvalue weighted by Crippen LogP contribution is -2.46. The molecule has 2 rings (SSSR count). The Labute approximate surface area is 146 Å². The molecule has 2 atom stereocenters. The van der Waals surface area contributed by atoms with Gasteiger partial charge in [-0.25, -0.2) is 9.40 Å². The van der Waals surface area contributed by atoms with E-state index in [0.717, 1.165) is 6.42 Å². The third kappa shape index (κ3) is 4.15. The first-order valence-electron chi connectivity index (χ1n) is 8.10. The van der Waals surface area contributed by atoms with Gasteiger partial charge in [-0.3, -0.25) is 4.79 Å². The van der Waals surface area contributed by atoms with E-state index >= 15 is 0 Å². The van der Waals surface area contributed by atoms with Crippen LogP contribution in [0.15, 0.2) is 29.4 Å². The fourth-order valence-corrected chi connectivity index (χ4v) is 3.82. The first kappa shape index (κ1) is 18.9. The summed E-state index contributed by atoms with van der Waals surface area (Å²) in [4.78, 5) is 12.2. The first-order valence-corrected chi connectivity index (χ1v) is 8.92. The smallest absolute Gasteiger partial charge is 0.272 e. The summed E-state index contributed by atoms with van der Waals surface area (Å²) in [5.41, 5.74) is 6.30. The van der Waals surface area contributed by atoms with Crippen LogP contribution in [-0.2, 0) is 9.53 Å². The van der Waals surface area contributed by atoms with Crippen LogP contribution in [-0.4, -0.2) is 40.1 Å². The van der Waals surface area contributed by atoms with Crippen LogP contribution < -0.4 is 5.73 Å². The predicted molar refractivity (Wildman–Crippen MR) is 95.2 cm³/mol. The van der Waals surface area contributed by atoms with Crippen molar-refractivity contribution in [1.82, 2.24) is 5.01 Å². The second-order valence-corrected chi connectivity index (χ2v) is 7.30. The second kappa shape index (κ2) is 8.09. The highest BCUT2D eigenvalue weighted by molar-refractivity contribution is 8.15. The fraction of sp³-hybridized carbons (Fsp3) is 0.529. The Hall–Kier alpha value is -1.44. The number of hydrazone groups is 1. The maximum absolute atomic E-state index is 13.5. The summed E-state index contributed by atoms with van der Waals surface area (Å²) in [5, 5.41) is 6.60. The number of nitrogens with zero attached hydrogens (tertiary/aromatic N) is 2. The number of hydrogen-bond acceptors (Lipinski definition) is 5. The van der Waals surface area contributed by atoms with Gasteiger partial charge >= 0.3 is 0 Å². The SMILES string of the molecule is CCO[C@@H](C)C(=O)N1N=C(c2cccc(F)c2)S[C@]1(C)CCCN. The number of ether oxygens (including phenoxy) is 1. The van der Waals surface area contributed by atoms with Crippen LogP contribution in [0, 0.1) is 5.82 Å². The molecule has 132 valence electrons. The minimum absolute atomic E-state index is 0.199. The van der Waals surface area contributed by atoms with Gasteiger partial charge in [0.2, 0.25) is 0 Å². The van der Waals surface area contributed by atoms with Crippen molar-refractivity contribution in [3.8, 4) is 0 Å². The molecule has 0 aromatic heterocycles. The van der Waals surface area contributed by atoms with Crippen molar-refractivity contribution in [3.63, 3.8) is 0 Å². The molecule has 1 aliphatic heterocycles. The molecule has 24 heavy (non-hydrogen) atoms. The molecule has 0 spiro atoms. The highest BCUT2D eigenvalue weighted by Gasteiger charge is 2.44. The second-order valence-electron chi connectivity index (χ2n) is 5.83. The van der Waals surface area contributed by atoms with Gasteiger partial charge < -0.3 is 10.5 Å². The van der Waals surface area contributed by atoms with Crippen LogP contribution in [0.4, 0.5) is 4.39 Å². The Balaban J connectivity index is 2.31. The molecule has 0 saturated heterocycles. The van der Waals surface area contributed by atoms with Gasteiger partial charge in [0, 0.05) is 12.2 Å². The largest absolute Gasteiger partial charge is 0.369 e. The zero-order valence-corrected chi connectivity index (χ0v) is 15.1. The zero-order valence-electron chi connectivity index (χ0n) is 14.3. The van der Waals surface area contributed by atoms with Crippen LogP contribution in [0.1, 0.15) is 39.2 Å². The number of rotatable bonds is 7. The van der Waals surface area contributed by atoms with Gasteiger partial charge in [0.05, 0.1) is 0 Å². The van der Waals surface area contributed by atoms with E-state index in [2.05, 4.69) is 5.10 Å². The van der Waals surface area contributed by atoms with Gasteiger partial charge in [-0.05, 0) is 52.3 Å². The molecule has 7 heteroatoms. The molecular weight excluding hydrogens is 329 g/mol. The number of thioether (sulfide) groups is 1. The average molecular weight is 353 g/mol. The molecule has 0 radical (unpaired) electrons. The molecule has 0 aliphatic carbocycles. The Bertz CT molecular complexity index is 626. The van der Waals surface area contributed by atoms with E-state index in [1.807, 2.05) is 13.8 Å². The summed E-state index contributed by atoms with van der Waals surface area (Å²) < 4.78 is 18.9. The minimum Gasteiger partial charge on any atom is -0.369 e. The Kier molecular flexibility index (Phi) is 6.37. The molecule has 1 aromatic rings. The molecule has 1 aliphatic rings. The number of amides is 1.